The molecular weight excluding hydrogens is 388 g/mol. The number of pyridine rings is 1. The van der Waals surface area contributed by atoms with Crippen LogP contribution in [0.25, 0.3) is 0 Å². The topological polar surface area (TPSA) is 75.1 Å². The highest BCUT2D eigenvalue weighted by Gasteiger charge is 2.27. The zero-order valence-corrected chi connectivity index (χ0v) is 17.2. The number of aromatic nitrogens is 1. The van der Waals surface area contributed by atoms with Crippen LogP contribution in [0.2, 0.25) is 0 Å². The molecule has 152 valence electrons. The normalized spacial score (nSPS) is 19.8. The Morgan fingerprint density at radius 2 is 1.93 bits per heavy atom. The van der Waals surface area contributed by atoms with Crippen molar-refractivity contribution < 1.29 is 13.2 Å². The number of aliphatic imine (C=N–C) groups is 1. The second-order valence-electron chi connectivity index (χ2n) is 7.86. The molecule has 1 saturated carbocycles. The molecule has 0 spiro atoms. The molecule has 0 unspecified atom stereocenters. The molecule has 1 aromatic heterocycles. The molecule has 2 fully saturated rings. The van der Waals surface area contributed by atoms with Crippen molar-refractivity contribution in [1.82, 2.24) is 9.29 Å². The van der Waals surface area contributed by atoms with Crippen LogP contribution in [0.1, 0.15) is 30.4 Å². The van der Waals surface area contributed by atoms with Gasteiger partial charge >= 0.3 is 0 Å². The van der Waals surface area contributed by atoms with Gasteiger partial charge in [0.15, 0.2) is 0 Å². The van der Waals surface area contributed by atoms with Gasteiger partial charge in [-0.25, -0.2) is 22.7 Å². The zero-order chi connectivity index (χ0) is 20.0. The van der Waals surface area contributed by atoms with E-state index in [0.717, 1.165) is 59.9 Å². The average Bonchev–Trinajstić information content (AvgIpc) is 3.50. The summed E-state index contributed by atoms with van der Waals surface area (Å²) in [4.78, 5) is 11.4. The summed E-state index contributed by atoms with van der Waals surface area (Å²) in [6.45, 7) is 2.45. The first kappa shape index (κ1) is 18.6. The van der Waals surface area contributed by atoms with E-state index in [1.807, 2.05) is 24.3 Å². The fourth-order valence-electron chi connectivity index (χ4n) is 3.79. The lowest BCUT2D eigenvalue weighted by Gasteiger charge is -2.24. The summed E-state index contributed by atoms with van der Waals surface area (Å²) in [5.41, 5.74) is 4.08. The van der Waals surface area contributed by atoms with Gasteiger partial charge in [-0.3, -0.25) is 0 Å². The van der Waals surface area contributed by atoms with Crippen molar-refractivity contribution in [2.24, 2.45) is 4.99 Å². The quantitative estimate of drug-likeness (QED) is 0.644. The lowest BCUT2D eigenvalue weighted by atomic mass is 9.96. The maximum Gasteiger partial charge on any atom is 0.211 e. The number of anilines is 1. The van der Waals surface area contributed by atoms with E-state index >= 15 is 0 Å². The van der Waals surface area contributed by atoms with Crippen LogP contribution in [0.3, 0.4) is 0 Å². The average molecular weight is 413 g/mol. The van der Waals surface area contributed by atoms with E-state index in [2.05, 4.69) is 20.9 Å². The van der Waals surface area contributed by atoms with Crippen molar-refractivity contribution in [3.8, 4) is 5.75 Å². The third-order valence-corrected chi connectivity index (χ3v) is 6.85. The second-order valence-corrected chi connectivity index (χ2v) is 9.84. The third kappa shape index (κ3) is 3.86. The first-order valence-electron chi connectivity index (χ1n) is 10.0. The standard InChI is InChI=1S/C21H24N4O3S/c1-29(26,27)25-10-2-9-24(11-12-25)20-13-15(7-8-22-20)21-18-14-17(28-16-3-4-16)5-6-19(18)23-21/h5-8,13-14,16H,2-4,9-12H2,1H3. The first-order chi connectivity index (χ1) is 14.0. The van der Waals surface area contributed by atoms with Crippen LogP contribution >= 0.6 is 0 Å². The molecule has 0 atom stereocenters. The highest BCUT2D eigenvalue weighted by Crippen LogP contribution is 2.37. The van der Waals surface area contributed by atoms with Crippen LogP contribution < -0.4 is 9.64 Å². The van der Waals surface area contributed by atoms with Gasteiger partial charge in [-0.05, 0) is 49.6 Å². The first-order valence-corrected chi connectivity index (χ1v) is 11.9. The molecule has 0 radical (unpaired) electrons. The molecule has 5 rings (SSSR count). The van der Waals surface area contributed by atoms with Gasteiger partial charge < -0.3 is 9.64 Å². The fourth-order valence-corrected chi connectivity index (χ4v) is 4.67. The van der Waals surface area contributed by atoms with Crippen molar-refractivity contribution in [2.45, 2.75) is 25.4 Å². The smallest absolute Gasteiger partial charge is 0.211 e. The van der Waals surface area contributed by atoms with E-state index in [1.165, 1.54) is 6.26 Å². The van der Waals surface area contributed by atoms with E-state index in [4.69, 9.17) is 4.74 Å². The Labute approximate surface area is 171 Å². The summed E-state index contributed by atoms with van der Waals surface area (Å²) in [6, 6.07) is 10.1. The van der Waals surface area contributed by atoms with Gasteiger partial charge in [-0.15, -0.1) is 0 Å². The number of ether oxygens (including phenoxy) is 1. The minimum absolute atomic E-state index is 0.371. The van der Waals surface area contributed by atoms with E-state index < -0.39 is 10.0 Å². The molecule has 7 nitrogen and oxygen atoms in total. The predicted octanol–water partition coefficient (Wildman–Crippen LogP) is 2.58. The van der Waals surface area contributed by atoms with Gasteiger partial charge in [0.2, 0.25) is 10.0 Å². The SMILES string of the molecule is CS(=O)(=O)N1CCCN(c2cc(C3=Nc4ccc(OC5CC5)cc43)ccn2)CC1. The summed E-state index contributed by atoms with van der Waals surface area (Å²) in [5.74, 6) is 1.76. The summed E-state index contributed by atoms with van der Waals surface area (Å²) in [7, 11) is -3.16. The summed E-state index contributed by atoms with van der Waals surface area (Å²) in [5, 5.41) is 0. The molecule has 1 aromatic carbocycles. The highest BCUT2D eigenvalue weighted by molar-refractivity contribution is 7.88. The maximum absolute atomic E-state index is 11.9. The zero-order valence-electron chi connectivity index (χ0n) is 16.4. The fraction of sp³-hybridized carbons (Fsp3) is 0.429. The van der Waals surface area contributed by atoms with Gasteiger partial charge in [0, 0.05) is 43.5 Å². The molecule has 0 N–H and O–H groups in total. The number of benzene rings is 1. The van der Waals surface area contributed by atoms with Gasteiger partial charge in [0.1, 0.15) is 11.6 Å². The number of hydrogen-bond acceptors (Lipinski definition) is 6. The van der Waals surface area contributed by atoms with Crippen molar-refractivity contribution in [3.05, 3.63) is 47.7 Å². The van der Waals surface area contributed by atoms with Crippen molar-refractivity contribution in [1.29, 1.82) is 0 Å². The van der Waals surface area contributed by atoms with Gasteiger partial charge in [0.25, 0.3) is 0 Å². The monoisotopic (exact) mass is 412 g/mol. The van der Waals surface area contributed by atoms with Crippen LogP contribution in [-0.4, -0.2) is 62.0 Å². The molecule has 8 heteroatoms. The van der Waals surface area contributed by atoms with E-state index in [-0.39, 0.29) is 0 Å². The van der Waals surface area contributed by atoms with E-state index in [9.17, 15) is 8.42 Å². The summed E-state index contributed by atoms with van der Waals surface area (Å²) in [6.07, 6.45) is 6.50. The van der Waals surface area contributed by atoms with Crippen LogP contribution in [0, 0.1) is 0 Å². The molecule has 3 aliphatic rings. The minimum atomic E-state index is -3.16. The molecule has 1 aliphatic carbocycles. The molecule has 29 heavy (non-hydrogen) atoms. The summed E-state index contributed by atoms with van der Waals surface area (Å²) >= 11 is 0. The Bertz CT molecular complexity index is 1080. The van der Waals surface area contributed by atoms with Crippen LogP contribution in [-0.2, 0) is 10.0 Å². The maximum atomic E-state index is 11.9. The van der Waals surface area contributed by atoms with Crippen LogP contribution in [0.4, 0.5) is 11.5 Å². The molecule has 2 aromatic rings. The number of hydrogen-bond donors (Lipinski definition) is 0. The Morgan fingerprint density at radius 3 is 2.72 bits per heavy atom. The van der Waals surface area contributed by atoms with Crippen LogP contribution in [0.5, 0.6) is 5.75 Å². The number of rotatable bonds is 5. The molecule has 1 saturated heterocycles. The Hall–Kier alpha value is -2.45. The number of fused-ring (bicyclic) bond motifs is 1. The molecule has 0 amide bonds. The Balaban J connectivity index is 1.34. The molecule has 3 heterocycles. The Kier molecular flexibility index (Phi) is 4.55. The molecular formula is C21H24N4O3S. The van der Waals surface area contributed by atoms with Crippen molar-refractivity contribution in [3.63, 3.8) is 0 Å². The molecule has 0 bridgehead atoms. The minimum Gasteiger partial charge on any atom is -0.490 e. The summed E-state index contributed by atoms with van der Waals surface area (Å²) < 4.78 is 31.2. The molecule has 2 aliphatic heterocycles. The van der Waals surface area contributed by atoms with Crippen molar-refractivity contribution in [2.75, 3.05) is 37.3 Å². The van der Waals surface area contributed by atoms with Crippen LogP contribution in [0.15, 0.2) is 41.5 Å². The van der Waals surface area contributed by atoms with Crippen molar-refractivity contribution >= 4 is 27.2 Å². The van der Waals surface area contributed by atoms with Gasteiger partial charge in [0.05, 0.1) is 23.8 Å². The number of nitrogens with zero attached hydrogens (tertiary/aromatic N) is 4. The largest absolute Gasteiger partial charge is 0.490 e. The van der Waals surface area contributed by atoms with E-state index in [1.54, 1.807) is 10.5 Å². The lowest BCUT2D eigenvalue weighted by Crippen LogP contribution is -2.34. The lowest BCUT2D eigenvalue weighted by molar-refractivity contribution is 0.303. The van der Waals surface area contributed by atoms with E-state index in [0.29, 0.717) is 25.7 Å². The number of sulfonamides is 1. The highest BCUT2D eigenvalue weighted by atomic mass is 32.2. The predicted molar refractivity (Wildman–Crippen MR) is 113 cm³/mol. The third-order valence-electron chi connectivity index (χ3n) is 5.55. The Morgan fingerprint density at radius 1 is 1.07 bits per heavy atom. The van der Waals surface area contributed by atoms with Gasteiger partial charge in [-0.2, -0.15) is 0 Å². The second kappa shape index (κ2) is 7.11. The van der Waals surface area contributed by atoms with Gasteiger partial charge in [-0.1, -0.05) is 0 Å².